The lowest BCUT2D eigenvalue weighted by atomic mass is 10.1. The Morgan fingerprint density at radius 1 is 1.38 bits per heavy atom. The summed E-state index contributed by atoms with van der Waals surface area (Å²) in [6, 6.07) is 8.54. The first kappa shape index (κ1) is 11.6. The second-order valence-corrected chi connectivity index (χ2v) is 2.63. The maximum absolute atomic E-state index is 10.4. The van der Waals surface area contributed by atoms with Gasteiger partial charge in [0, 0.05) is 0 Å². The molecule has 0 heterocycles. The van der Waals surface area contributed by atoms with Crippen molar-refractivity contribution in [1.82, 2.24) is 6.15 Å². The highest BCUT2D eigenvalue weighted by molar-refractivity contribution is 5.73. The molecule has 1 aromatic rings. The minimum Gasteiger partial charge on any atom is -0.480 e. The van der Waals surface area contributed by atoms with E-state index in [0.29, 0.717) is 6.42 Å². The molecular formula is C9H15N2O2+. The summed E-state index contributed by atoms with van der Waals surface area (Å²) in [5.74, 6) is -0.959. The van der Waals surface area contributed by atoms with Gasteiger partial charge in [-0.1, -0.05) is 30.3 Å². The van der Waals surface area contributed by atoms with E-state index >= 15 is 0 Å². The van der Waals surface area contributed by atoms with Crippen molar-refractivity contribution >= 4 is 5.97 Å². The number of rotatable bonds is 3. The van der Waals surface area contributed by atoms with Crippen LogP contribution in [0.15, 0.2) is 30.3 Å². The van der Waals surface area contributed by atoms with Crippen LogP contribution >= 0.6 is 0 Å². The van der Waals surface area contributed by atoms with E-state index in [-0.39, 0.29) is 6.15 Å². The van der Waals surface area contributed by atoms with Gasteiger partial charge in [-0.15, -0.1) is 0 Å². The molecule has 4 heteroatoms. The van der Waals surface area contributed by atoms with E-state index in [0.717, 1.165) is 5.56 Å². The van der Waals surface area contributed by atoms with Crippen LogP contribution in [0.3, 0.4) is 0 Å². The first-order valence-electron chi connectivity index (χ1n) is 3.72. The van der Waals surface area contributed by atoms with Crippen LogP contribution < -0.4 is 11.9 Å². The molecule has 72 valence electrons. The number of quaternary nitrogens is 1. The molecule has 1 rings (SSSR count). The standard InChI is InChI=1S/C9H11NO2.H3N/c10-8(9(11)12)6-7-4-2-1-3-5-7;/h1-5,8H,6,10H2,(H,11,12);1H3/p+1. The van der Waals surface area contributed by atoms with Gasteiger partial charge in [0.25, 0.3) is 0 Å². The molecule has 4 nitrogen and oxygen atoms in total. The molecule has 0 aliphatic rings. The maximum atomic E-state index is 10.4. The fourth-order valence-electron chi connectivity index (χ4n) is 0.955. The fourth-order valence-corrected chi connectivity index (χ4v) is 0.955. The van der Waals surface area contributed by atoms with E-state index in [9.17, 15) is 4.79 Å². The summed E-state index contributed by atoms with van der Waals surface area (Å²) in [5, 5.41) is 8.52. The number of carbonyl (C=O) groups is 1. The Labute approximate surface area is 77.0 Å². The van der Waals surface area contributed by atoms with Crippen molar-refractivity contribution in [3.63, 3.8) is 0 Å². The Balaban J connectivity index is 0.00000144. The van der Waals surface area contributed by atoms with Gasteiger partial charge >= 0.3 is 5.97 Å². The Morgan fingerprint density at radius 3 is 2.38 bits per heavy atom. The molecular weight excluding hydrogens is 168 g/mol. The third kappa shape index (κ3) is 3.68. The third-order valence-corrected chi connectivity index (χ3v) is 1.62. The largest absolute Gasteiger partial charge is 0.480 e. The quantitative estimate of drug-likeness (QED) is 0.652. The molecule has 13 heavy (non-hydrogen) atoms. The highest BCUT2D eigenvalue weighted by Gasteiger charge is 2.10. The summed E-state index contributed by atoms with van der Waals surface area (Å²) < 4.78 is 0. The summed E-state index contributed by atoms with van der Waals surface area (Å²) in [7, 11) is 0. The number of hydrogen-bond acceptors (Lipinski definition) is 2. The van der Waals surface area contributed by atoms with E-state index in [2.05, 4.69) is 0 Å². The highest BCUT2D eigenvalue weighted by atomic mass is 16.4. The number of carboxylic acid groups (broad SMARTS) is 1. The molecule has 0 saturated heterocycles. The average Bonchev–Trinajstić information content (AvgIpc) is 2.06. The minimum absolute atomic E-state index is 0. The van der Waals surface area contributed by atoms with Crippen LogP contribution in [0, 0.1) is 0 Å². The van der Waals surface area contributed by atoms with Crippen molar-refractivity contribution in [3.05, 3.63) is 35.9 Å². The lowest BCUT2D eigenvalue weighted by Gasteiger charge is -2.04. The first-order valence-corrected chi connectivity index (χ1v) is 3.72. The summed E-state index contributed by atoms with van der Waals surface area (Å²) >= 11 is 0. The lowest BCUT2D eigenvalue weighted by Crippen LogP contribution is -2.32. The topological polar surface area (TPSA) is 99.8 Å². The molecule has 0 aromatic heterocycles. The molecule has 0 fully saturated rings. The number of carboxylic acids is 1. The highest BCUT2D eigenvalue weighted by Crippen LogP contribution is 2.01. The van der Waals surface area contributed by atoms with Gasteiger partial charge in [0.1, 0.15) is 6.04 Å². The summed E-state index contributed by atoms with van der Waals surface area (Å²) in [4.78, 5) is 10.4. The number of hydrogen-bond donors (Lipinski definition) is 3. The van der Waals surface area contributed by atoms with E-state index < -0.39 is 12.0 Å². The Morgan fingerprint density at radius 2 is 1.92 bits per heavy atom. The van der Waals surface area contributed by atoms with Crippen LogP contribution in [0.5, 0.6) is 0 Å². The summed E-state index contributed by atoms with van der Waals surface area (Å²) in [6.45, 7) is 0. The van der Waals surface area contributed by atoms with Crippen LogP contribution in [0.1, 0.15) is 5.56 Å². The van der Waals surface area contributed by atoms with Crippen LogP contribution in [-0.4, -0.2) is 17.1 Å². The van der Waals surface area contributed by atoms with E-state index in [1.54, 1.807) is 0 Å². The Kier molecular flexibility index (Phi) is 4.72. The molecule has 1 unspecified atom stereocenters. The maximum Gasteiger partial charge on any atom is 0.320 e. The fraction of sp³-hybridized carbons (Fsp3) is 0.222. The average molecular weight is 183 g/mol. The Hall–Kier alpha value is -1.39. The first-order chi connectivity index (χ1) is 5.70. The van der Waals surface area contributed by atoms with Crippen molar-refractivity contribution in [1.29, 1.82) is 0 Å². The molecule has 1 atom stereocenters. The van der Waals surface area contributed by atoms with Gasteiger partial charge in [0.2, 0.25) is 0 Å². The van der Waals surface area contributed by atoms with Gasteiger partial charge in [-0.3, -0.25) is 4.79 Å². The normalized spacial score (nSPS) is 11.5. The van der Waals surface area contributed by atoms with Crippen molar-refractivity contribution in [2.45, 2.75) is 12.5 Å². The molecule has 0 bridgehead atoms. The van der Waals surface area contributed by atoms with Crippen LogP contribution in [0.4, 0.5) is 0 Å². The number of nitrogens with two attached hydrogens (primary N) is 1. The van der Waals surface area contributed by atoms with Crippen LogP contribution in [-0.2, 0) is 11.2 Å². The molecule has 0 radical (unpaired) electrons. The van der Waals surface area contributed by atoms with Gasteiger partial charge in [0.15, 0.2) is 0 Å². The van der Waals surface area contributed by atoms with Crippen LogP contribution in [0.2, 0.25) is 0 Å². The van der Waals surface area contributed by atoms with E-state index in [1.165, 1.54) is 0 Å². The molecule has 0 aliphatic carbocycles. The summed E-state index contributed by atoms with van der Waals surface area (Å²) in [5.41, 5.74) is 6.30. The Bertz CT molecular complexity index is 262. The molecule has 0 aliphatic heterocycles. The zero-order chi connectivity index (χ0) is 8.97. The molecule has 1 aromatic carbocycles. The SMILES string of the molecule is NC(Cc1ccccc1)C(=O)O.[NH4+]. The van der Waals surface area contributed by atoms with Crippen molar-refractivity contribution in [3.8, 4) is 0 Å². The van der Waals surface area contributed by atoms with Gasteiger partial charge in [-0.25, -0.2) is 0 Å². The predicted molar refractivity (Wildman–Crippen MR) is 51.7 cm³/mol. The molecule has 0 amide bonds. The second kappa shape index (κ2) is 5.29. The smallest absolute Gasteiger partial charge is 0.320 e. The van der Waals surface area contributed by atoms with Gasteiger partial charge in [-0.2, -0.15) is 0 Å². The monoisotopic (exact) mass is 183 g/mol. The summed E-state index contributed by atoms with van der Waals surface area (Å²) in [6.07, 6.45) is 0.385. The number of aliphatic carboxylic acids is 1. The van der Waals surface area contributed by atoms with Crippen molar-refractivity contribution in [2.24, 2.45) is 5.73 Å². The zero-order valence-electron chi connectivity index (χ0n) is 7.60. The molecule has 7 N–H and O–H groups in total. The minimum atomic E-state index is -0.959. The van der Waals surface area contributed by atoms with E-state index in [4.69, 9.17) is 10.8 Å². The molecule has 0 spiro atoms. The van der Waals surface area contributed by atoms with Crippen LogP contribution in [0.25, 0.3) is 0 Å². The molecule has 0 saturated carbocycles. The van der Waals surface area contributed by atoms with Gasteiger partial charge < -0.3 is 17.0 Å². The van der Waals surface area contributed by atoms with E-state index in [1.807, 2.05) is 30.3 Å². The second-order valence-electron chi connectivity index (χ2n) is 2.63. The third-order valence-electron chi connectivity index (χ3n) is 1.62. The van der Waals surface area contributed by atoms with Crippen molar-refractivity contribution in [2.75, 3.05) is 0 Å². The van der Waals surface area contributed by atoms with Gasteiger partial charge in [0.05, 0.1) is 0 Å². The van der Waals surface area contributed by atoms with Gasteiger partial charge in [-0.05, 0) is 12.0 Å². The predicted octanol–water partition coefficient (Wildman–Crippen LogP) is 1.02. The number of benzene rings is 1. The lowest BCUT2D eigenvalue weighted by molar-refractivity contribution is -0.138. The zero-order valence-corrected chi connectivity index (χ0v) is 7.60. The van der Waals surface area contributed by atoms with Crippen molar-refractivity contribution < 1.29 is 9.90 Å².